The smallest absolute Gasteiger partial charge is 0.121 e. The average Bonchev–Trinajstić information content (AvgIpc) is 3.25. The van der Waals surface area contributed by atoms with Gasteiger partial charge < -0.3 is 0 Å². The van der Waals surface area contributed by atoms with Crippen LogP contribution in [0.1, 0.15) is 61.8 Å². The predicted molar refractivity (Wildman–Crippen MR) is 131 cm³/mol. The first kappa shape index (κ1) is 21.3. The molecule has 3 nitrogen and oxygen atoms in total. The number of H-pyrrole nitrogens is 1. The molecule has 0 bridgehead atoms. The van der Waals surface area contributed by atoms with Gasteiger partial charge in [0.2, 0.25) is 0 Å². The number of nitrogens with zero attached hydrogens (tertiary/aromatic N) is 2. The molecular weight excluding hydrogens is 378 g/mol. The largest absolute Gasteiger partial charge is 0.258 e. The Morgan fingerprint density at radius 2 is 1.32 bits per heavy atom. The SMILES string of the molecule is CCCCc1c(C)cccc1-c1ccc2[nH]nnc2c1-c1cccc(C)c1CCCC. The summed E-state index contributed by atoms with van der Waals surface area (Å²) >= 11 is 0. The van der Waals surface area contributed by atoms with Crippen molar-refractivity contribution in [2.24, 2.45) is 0 Å². The summed E-state index contributed by atoms with van der Waals surface area (Å²) in [6.07, 6.45) is 6.96. The third kappa shape index (κ3) is 4.14. The molecule has 3 heteroatoms. The molecule has 0 radical (unpaired) electrons. The Kier molecular flexibility index (Phi) is 6.50. The second-order valence-corrected chi connectivity index (χ2v) is 8.61. The molecule has 4 rings (SSSR count). The minimum absolute atomic E-state index is 0.962. The van der Waals surface area contributed by atoms with Crippen molar-refractivity contribution in [3.05, 3.63) is 70.8 Å². The van der Waals surface area contributed by atoms with E-state index in [0.717, 1.165) is 23.9 Å². The first-order chi connectivity index (χ1) is 15.2. The summed E-state index contributed by atoms with van der Waals surface area (Å²) in [7, 11) is 0. The lowest BCUT2D eigenvalue weighted by Gasteiger charge is -2.19. The van der Waals surface area contributed by atoms with E-state index >= 15 is 0 Å². The number of unbranched alkanes of at least 4 members (excludes halogenated alkanes) is 2. The zero-order valence-corrected chi connectivity index (χ0v) is 19.3. The number of hydrogen-bond acceptors (Lipinski definition) is 2. The van der Waals surface area contributed by atoms with Crippen LogP contribution in [0.4, 0.5) is 0 Å². The summed E-state index contributed by atoms with van der Waals surface area (Å²) in [6.45, 7) is 8.99. The van der Waals surface area contributed by atoms with E-state index in [1.807, 2.05) is 0 Å². The molecule has 0 aliphatic heterocycles. The van der Waals surface area contributed by atoms with E-state index in [-0.39, 0.29) is 0 Å². The number of benzene rings is 3. The number of aromatic nitrogens is 3. The highest BCUT2D eigenvalue weighted by Gasteiger charge is 2.20. The van der Waals surface area contributed by atoms with E-state index in [9.17, 15) is 0 Å². The Morgan fingerprint density at radius 3 is 1.97 bits per heavy atom. The highest BCUT2D eigenvalue weighted by molar-refractivity contribution is 6.02. The molecule has 160 valence electrons. The van der Waals surface area contributed by atoms with Crippen molar-refractivity contribution in [3.63, 3.8) is 0 Å². The molecule has 0 amide bonds. The lowest BCUT2D eigenvalue weighted by molar-refractivity contribution is 0.792. The molecule has 1 heterocycles. The summed E-state index contributed by atoms with van der Waals surface area (Å²) in [5, 5.41) is 11.8. The second-order valence-electron chi connectivity index (χ2n) is 8.61. The minimum Gasteiger partial charge on any atom is -0.258 e. The average molecular weight is 412 g/mol. The van der Waals surface area contributed by atoms with Crippen LogP contribution in [0.15, 0.2) is 48.5 Å². The third-order valence-electron chi connectivity index (χ3n) is 6.44. The van der Waals surface area contributed by atoms with Gasteiger partial charge in [-0.25, -0.2) is 0 Å². The van der Waals surface area contributed by atoms with Crippen LogP contribution in [0.3, 0.4) is 0 Å². The Morgan fingerprint density at radius 1 is 0.710 bits per heavy atom. The lowest BCUT2D eigenvalue weighted by Crippen LogP contribution is -1.99. The molecule has 1 N–H and O–H groups in total. The lowest BCUT2D eigenvalue weighted by atomic mass is 9.84. The van der Waals surface area contributed by atoms with Crippen LogP contribution in [-0.4, -0.2) is 15.4 Å². The number of fused-ring (bicyclic) bond motifs is 1. The molecule has 0 saturated heterocycles. The van der Waals surface area contributed by atoms with Gasteiger partial charge in [-0.15, -0.1) is 5.10 Å². The van der Waals surface area contributed by atoms with Crippen molar-refractivity contribution in [2.45, 2.75) is 66.2 Å². The van der Waals surface area contributed by atoms with Crippen molar-refractivity contribution in [2.75, 3.05) is 0 Å². The Labute approximate surface area is 185 Å². The first-order valence-electron chi connectivity index (χ1n) is 11.7. The van der Waals surface area contributed by atoms with Gasteiger partial charge in [0.15, 0.2) is 0 Å². The molecule has 0 spiro atoms. The van der Waals surface area contributed by atoms with Crippen molar-refractivity contribution >= 4 is 11.0 Å². The quantitative estimate of drug-likeness (QED) is 0.324. The van der Waals surface area contributed by atoms with E-state index in [4.69, 9.17) is 0 Å². The number of rotatable bonds is 8. The standard InChI is InChI=1S/C28H33N3/c1-5-7-13-21-19(3)11-9-15-23(21)25-17-18-26-28(30-31-29-26)27(25)24-16-10-12-20(4)22(24)14-8-6-2/h9-12,15-18H,5-8,13-14H2,1-4H3,(H,29,30,31). The maximum absolute atomic E-state index is 4.54. The fourth-order valence-electron chi connectivity index (χ4n) is 4.67. The van der Waals surface area contributed by atoms with Gasteiger partial charge in [-0.3, -0.25) is 5.10 Å². The van der Waals surface area contributed by atoms with E-state index in [2.05, 4.69) is 91.6 Å². The number of nitrogens with one attached hydrogen (secondary N) is 1. The van der Waals surface area contributed by atoms with Gasteiger partial charge in [0, 0.05) is 5.56 Å². The maximum atomic E-state index is 4.54. The van der Waals surface area contributed by atoms with Gasteiger partial charge in [-0.05, 0) is 84.5 Å². The predicted octanol–water partition coefficient (Wildman–Crippen LogP) is 7.59. The summed E-state index contributed by atoms with van der Waals surface area (Å²) in [6, 6.07) is 17.8. The van der Waals surface area contributed by atoms with E-state index in [1.165, 1.54) is 70.2 Å². The normalized spacial score (nSPS) is 11.4. The number of hydrogen-bond donors (Lipinski definition) is 1. The van der Waals surface area contributed by atoms with Crippen LogP contribution < -0.4 is 0 Å². The van der Waals surface area contributed by atoms with Crippen LogP contribution in [0.5, 0.6) is 0 Å². The molecule has 31 heavy (non-hydrogen) atoms. The molecule has 0 fully saturated rings. The van der Waals surface area contributed by atoms with E-state index < -0.39 is 0 Å². The first-order valence-corrected chi connectivity index (χ1v) is 11.7. The highest BCUT2D eigenvalue weighted by Crippen LogP contribution is 2.41. The number of aryl methyl sites for hydroxylation is 2. The molecule has 0 atom stereocenters. The minimum atomic E-state index is 0.962. The molecule has 4 aromatic rings. The second kappa shape index (κ2) is 9.47. The molecular formula is C28H33N3. The molecule has 0 unspecified atom stereocenters. The molecule has 0 saturated carbocycles. The van der Waals surface area contributed by atoms with E-state index in [1.54, 1.807) is 0 Å². The molecule has 0 aliphatic rings. The van der Waals surface area contributed by atoms with Crippen LogP contribution in [0.25, 0.3) is 33.3 Å². The Bertz CT molecular complexity index is 1190. The maximum Gasteiger partial charge on any atom is 0.121 e. The van der Waals surface area contributed by atoms with Gasteiger partial charge >= 0.3 is 0 Å². The Balaban J connectivity index is 2.01. The van der Waals surface area contributed by atoms with Crippen LogP contribution in [-0.2, 0) is 12.8 Å². The van der Waals surface area contributed by atoms with Gasteiger partial charge in [0.1, 0.15) is 5.52 Å². The van der Waals surface area contributed by atoms with Crippen LogP contribution >= 0.6 is 0 Å². The van der Waals surface area contributed by atoms with Gasteiger partial charge in [-0.2, -0.15) is 0 Å². The molecule has 0 aliphatic carbocycles. The monoisotopic (exact) mass is 411 g/mol. The van der Waals surface area contributed by atoms with Crippen LogP contribution in [0.2, 0.25) is 0 Å². The van der Waals surface area contributed by atoms with Crippen molar-refractivity contribution in [3.8, 4) is 22.3 Å². The van der Waals surface area contributed by atoms with Crippen molar-refractivity contribution in [1.82, 2.24) is 15.4 Å². The summed E-state index contributed by atoms with van der Waals surface area (Å²) in [5.74, 6) is 0. The number of aromatic amines is 1. The Hall–Kier alpha value is -2.94. The van der Waals surface area contributed by atoms with Gasteiger partial charge in [-0.1, -0.05) is 74.4 Å². The fraction of sp³-hybridized carbons (Fsp3) is 0.357. The summed E-state index contributed by atoms with van der Waals surface area (Å²) in [4.78, 5) is 0. The summed E-state index contributed by atoms with van der Waals surface area (Å²) in [5.41, 5.74) is 12.7. The fourth-order valence-corrected chi connectivity index (χ4v) is 4.67. The molecule has 1 aromatic heterocycles. The summed E-state index contributed by atoms with van der Waals surface area (Å²) < 4.78 is 0. The zero-order valence-electron chi connectivity index (χ0n) is 19.3. The zero-order chi connectivity index (χ0) is 21.8. The highest BCUT2D eigenvalue weighted by atomic mass is 15.3. The van der Waals surface area contributed by atoms with Crippen molar-refractivity contribution in [1.29, 1.82) is 0 Å². The van der Waals surface area contributed by atoms with Gasteiger partial charge in [0.05, 0.1) is 5.52 Å². The topological polar surface area (TPSA) is 41.6 Å². The van der Waals surface area contributed by atoms with E-state index in [0.29, 0.717) is 0 Å². The van der Waals surface area contributed by atoms with Crippen LogP contribution in [0, 0.1) is 13.8 Å². The molecule has 3 aromatic carbocycles. The van der Waals surface area contributed by atoms with Crippen molar-refractivity contribution < 1.29 is 0 Å². The van der Waals surface area contributed by atoms with Gasteiger partial charge in [0.25, 0.3) is 0 Å². The third-order valence-corrected chi connectivity index (χ3v) is 6.44.